The molecule has 1 atom stereocenters. The summed E-state index contributed by atoms with van der Waals surface area (Å²) in [5.41, 5.74) is 1.77. The minimum atomic E-state index is 0.302. The Morgan fingerprint density at radius 3 is 2.50 bits per heavy atom. The number of amides is 1. The van der Waals surface area contributed by atoms with Gasteiger partial charge in [0.25, 0.3) is 0 Å². The monoisotopic (exact) mass is 374 g/mol. The van der Waals surface area contributed by atoms with Gasteiger partial charge in [-0.3, -0.25) is 4.79 Å². The molecule has 142 valence electrons. The van der Waals surface area contributed by atoms with Crippen LogP contribution in [0, 0.1) is 5.92 Å². The number of likely N-dealkylation sites (tertiary alicyclic amines) is 2. The van der Waals surface area contributed by atoms with Crippen LogP contribution in [-0.2, 0) is 10.2 Å². The van der Waals surface area contributed by atoms with Crippen LogP contribution in [0.5, 0.6) is 0 Å². The normalized spacial score (nSPS) is 26.6. The molecular weight excluding hydrogens is 344 g/mol. The highest BCUT2D eigenvalue weighted by Gasteiger charge is 2.38. The van der Waals surface area contributed by atoms with Crippen LogP contribution in [0.4, 0.5) is 0 Å². The van der Waals surface area contributed by atoms with Gasteiger partial charge in [-0.1, -0.05) is 36.6 Å². The minimum Gasteiger partial charge on any atom is -0.342 e. The first-order valence-corrected chi connectivity index (χ1v) is 10.8. The zero-order valence-corrected chi connectivity index (χ0v) is 16.5. The lowest BCUT2D eigenvalue weighted by Gasteiger charge is -2.41. The van der Waals surface area contributed by atoms with Crippen molar-refractivity contribution in [2.24, 2.45) is 5.92 Å². The Kier molecular flexibility index (Phi) is 5.56. The molecule has 1 aliphatic carbocycles. The molecule has 1 amide bonds. The van der Waals surface area contributed by atoms with Crippen molar-refractivity contribution in [2.75, 3.05) is 32.7 Å². The second kappa shape index (κ2) is 7.90. The van der Waals surface area contributed by atoms with Gasteiger partial charge in [0.1, 0.15) is 0 Å². The summed E-state index contributed by atoms with van der Waals surface area (Å²) in [5, 5.41) is 0.829. The zero-order chi connectivity index (χ0) is 18.0. The highest BCUT2D eigenvalue weighted by molar-refractivity contribution is 6.30. The van der Waals surface area contributed by atoms with E-state index in [1.165, 1.54) is 57.2 Å². The van der Waals surface area contributed by atoms with Crippen LogP contribution in [0.15, 0.2) is 24.3 Å². The lowest BCUT2D eigenvalue weighted by Crippen LogP contribution is -2.46. The number of benzene rings is 1. The Morgan fingerprint density at radius 1 is 1.04 bits per heavy atom. The third-order valence-corrected chi connectivity index (χ3v) is 7.05. The molecule has 1 saturated carbocycles. The average molecular weight is 375 g/mol. The fraction of sp³-hybridized carbons (Fsp3) is 0.682. The van der Waals surface area contributed by atoms with Gasteiger partial charge in [0.2, 0.25) is 5.91 Å². The standard InChI is InChI=1S/C22H31ClN2O/c23-20-9-7-19(8-10-20)22(11-1-2-12-22)17-24-13-3-5-18(15-24)16-25-14-4-6-21(25)26/h7-10,18H,1-6,11-17H2. The Balaban J connectivity index is 1.42. The van der Waals surface area contributed by atoms with Crippen molar-refractivity contribution >= 4 is 17.5 Å². The smallest absolute Gasteiger partial charge is 0.222 e. The number of hydrogen-bond acceptors (Lipinski definition) is 2. The zero-order valence-electron chi connectivity index (χ0n) is 15.8. The molecule has 26 heavy (non-hydrogen) atoms. The van der Waals surface area contributed by atoms with Crippen LogP contribution >= 0.6 is 11.6 Å². The van der Waals surface area contributed by atoms with E-state index in [0.29, 0.717) is 17.2 Å². The molecular formula is C22H31ClN2O. The Bertz CT molecular complexity index is 624. The number of piperidine rings is 1. The molecule has 0 spiro atoms. The summed E-state index contributed by atoms with van der Waals surface area (Å²) in [6.45, 7) is 5.48. The fourth-order valence-electron chi connectivity index (χ4n) is 5.47. The number of hydrogen-bond donors (Lipinski definition) is 0. The van der Waals surface area contributed by atoms with E-state index < -0.39 is 0 Å². The molecule has 0 bridgehead atoms. The molecule has 1 aromatic rings. The largest absolute Gasteiger partial charge is 0.342 e. The van der Waals surface area contributed by atoms with Crippen LogP contribution in [-0.4, -0.2) is 48.4 Å². The first-order valence-electron chi connectivity index (χ1n) is 10.4. The molecule has 4 rings (SSSR count). The van der Waals surface area contributed by atoms with Gasteiger partial charge in [-0.2, -0.15) is 0 Å². The average Bonchev–Trinajstić information content (AvgIpc) is 3.26. The SMILES string of the molecule is O=C1CCCN1CC1CCCN(CC2(c3ccc(Cl)cc3)CCCC2)C1. The maximum absolute atomic E-state index is 12.0. The third-order valence-electron chi connectivity index (χ3n) is 6.80. The molecule has 4 heteroatoms. The summed E-state index contributed by atoms with van der Waals surface area (Å²) >= 11 is 6.12. The van der Waals surface area contributed by atoms with Gasteiger partial charge >= 0.3 is 0 Å². The van der Waals surface area contributed by atoms with Crippen molar-refractivity contribution in [3.63, 3.8) is 0 Å². The van der Waals surface area contributed by atoms with E-state index in [4.69, 9.17) is 11.6 Å². The van der Waals surface area contributed by atoms with Crippen molar-refractivity contribution in [2.45, 2.75) is 56.8 Å². The van der Waals surface area contributed by atoms with Gasteiger partial charge in [0.15, 0.2) is 0 Å². The van der Waals surface area contributed by atoms with Crippen LogP contribution in [0.3, 0.4) is 0 Å². The summed E-state index contributed by atoms with van der Waals surface area (Å²) in [7, 11) is 0. The van der Waals surface area contributed by atoms with E-state index in [1.807, 2.05) is 0 Å². The Morgan fingerprint density at radius 2 is 1.81 bits per heavy atom. The molecule has 1 aromatic carbocycles. The molecule has 3 fully saturated rings. The van der Waals surface area contributed by atoms with Crippen molar-refractivity contribution in [1.82, 2.24) is 9.80 Å². The minimum absolute atomic E-state index is 0.302. The summed E-state index contributed by atoms with van der Waals surface area (Å²) in [5.74, 6) is 1.02. The van der Waals surface area contributed by atoms with Crippen LogP contribution in [0.25, 0.3) is 0 Å². The maximum Gasteiger partial charge on any atom is 0.222 e. The van der Waals surface area contributed by atoms with E-state index in [-0.39, 0.29) is 0 Å². The maximum atomic E-state index is 12.0. The van der Waals surface area contributed by atoms with E-state index in [0.717, 1.165) is 37.5 Å². The fourth-order valence-corrected chi connectivity index (χ4v) is 5.60. The van der Waals surface area contributed by atoms with Gasteiger partial charge in [-0.15, -0.1) is 0 Å². The molecule has 0 radical (unpaired) electrons. The molecule has 2 heterocycles. The molecule has 3 aliphatic rings. The van der Waals surface area contributed by atoms with Crippen molar-refractivity contribution < 1.29 is 4.79 Å². The Labute approximate surface area is 162 Å². The van der Waals surface area contributed by atoms with Gasteiger partial charge in [0, 0.05) is 43.0 Å². The van der Waals surface area contributed by atoms with Crippen LogP contribution in [0.1, 0.15) is 56.9 Å². The molecule has 0 aromatic heterocycles. The molecule has 2 aliphatic heterocycles. The topological polar surface area (TPSA) is 23.6 Å². The number of carbonyl (C=O) groups is 1. The molecule has 0 N–H and O–H groups in total. The molecule has 3 nitrogen and oxygen atoms in total. The lowest BCUT2D eigenvalue weighted by atomic mass is 9.78. The summed E-state index contributed by atoms with van der Waals surface area (Å²) in [6, 6.07) is 8.60. The summed E-state index contributed by atoms with van der Waals surface area (Å²) in [6.07, 6.45) is 9.61. The van der Waals surface area contributed by atoms with Crippen molar-refractivity contribution in [3.05, 3.63) is 34.9 Å². The van der Waals surface area contributed by atoms with Gasteiger partial charge < -0.3 is 9.80 Å². The van der Waals surface area contributed by atoms with E-state index in [1.54, 1.807) is 0 Å². The van der Waals surface area contributed by atoms with E-state index in [9.17, 15) is 4.79 Å². The first kappa shape index (κ1) is 18.3. The number of halogens is 1. The van der Waals surface area contributed by atoms with Crippen molar-refractivity contribution in [3.8, 4) is 0 Å². The van der Waals surface area contributed by atoms with Gasteiger partial charge in [-0.25, -0.2) is 0 Å². The van der Waals surface area contributed by atoms with E-state index in [2.05, 4.69) is 34.1 Å². The lowest BCUT2D eigenvalue weighted by molar-refractivity contribution is -0.128. The highest BCUT2D eigenvalue weighted by Crippen LogP contribution is 2.42. The third kappa shape index (κ3) is 3.94. The predicted molar refractivity (Wildman–Crippen MR) is 107 cm³/mol. The highest BCUT2D eigenvalue weighted by atomic mass is 35.5. The number of carbonyl (C=O) groups excluding carboxylic acids is 1. The van der Waals surface area contributed by atoms with Crippen LogP contribution < -0.4 is 0 Å². The number of rotatable bonds is 5. The molecule has 1 unspecified atom stereocenters. The van der Waals surface area contributed by atoms with Crippen LogP contribution in [0.2, 0.25) is 5.02 Å². The quantitative estimate of drug-likeness (QED) is 0.758. The van der Waals surface area contributed by atoms with E-state index >= 15 is 0 Å². The summed E-state index contributed by atoms with van der Waals surface area (Å²) in [4.78, 5) is 16.8. The second-order valence-electron chi connectivity index (χ2n) is 8.68. The van der Waals surface area contributed by atoms with Crippen molar-refractivity contribution in [1.29, 1.82) is 0 Å². The van der Waals surface area contributed by atoms with Gasteiger partial charge in [-0.05, 0) is 62.3 Å². The summed E-state index contributed by atoms with van der Waals surface area (Å²) < 4.78 is 0. The first-order chi connectivity index (χ1) is 12.6. The number of nitrogens with zero attached hydrogens (tertiary/aromatic N) is 2. The predicted octanol–water partition coefficient (Wildman–Crippen LogP) is 4.49. The molecule has 2 saturated heterocycles. The second-order valence-corrected chi connectivity index (χ2v) is 9.12. The van der Waals surface area contributed by atoms with Gasteiger partial charge in [0.05, 0.1) is 0 Å². The Hall–Kier alpha value is -1.06.